The van der Waals surface area contributed by atoms with Gasteiger partial charge in [-0.1, -0.05) is 0 Å². The molecule has 0 aromatic carbocycles. The molecule has 0 radical (unpaired) electrons. The van der Waals surface area contributed by atoms with Crippen LogP contribution < -0.4 is 0 Å². The molecule has 0 bridgehead atoms. The van der Waals surface area contributed by atoms with Gasteiger partial charge >= 0.3 is 5.97 Å². The van der Waals surface area contributed by atoms with E-state index >= 15 is 0 Å². The number of aromatic nitrogens is 2. The Morgan fingerprint density at radius 2 is 2.11 bits per heavy atom. The minimum absolute atomic E-state index is 0.0271. The van der Waals surface area contributed by atoms with Crippen LogP contribution in [0.2, 0.25) is 0 Å². The van der Waals surface area contributed by atoms with Crippen molar-refractivity contribution in [1.29, 1.82) is 0 Å². The number of rotatable bonds is 6. The Balaban J connectivity index is 3.00. The summed E-state index contributed by atoms with van der Waals surface area (Å²) in [6, 6.07) is 0. The van der Waals surface area contributed by atoms with Crippen molar-refractivity contribution in [1.82, 2.24) is 9.97 Å². The largest absolute Gasteiger partial charge is 0.462 e. The normalized spacial score (nSPS) is 10.7. The van der Waals surface area contributed by atoms with Gasteiger partial charge < -0.3 is 9.47 Å². The second-order valence-corrected chi connectivity index (χ2v) is 3.24. The van der Waals surface area contributed by atoms with Gasteiger partial charge in [0.25, 0.3) is 6.43 Å². The van der Waals surface area contributed by atoms with E-state index in [9.17, 15) is 13.6 Å². The molecule has 0 atom stereocenters. The van der Waals surface area contributed by atoms with E-state index in [-0.39, 0.29) is 24.6 Å². The maximum Gasteiger partial charge on any atom is 0.341 e. The first-order valence-corrected chi connectivity index (χ1v) is 5.48. The molecule has 1 rings (SSSR count). The highest BCUT2D eigenvalue weighted by molar-refractivity contribution is 5.90. The van der Waals surface area contributed by atoms with E-state index in [0.717, 1.165) is 6.20 Å². The summed E-state index contributed by atoms with van der Waals surface area (Å²) in [5.41, 5.74) is -0.940. The third-order valence-corrected chi connectivity index (χ3v) is 2.01. The Hall–Kier alpha value is -1.63. The van der Waals surface area contributed by atoms with Gasteiger partial charge in [0, 0.05) is 12.8 Å². The SMILES string of the molecule is CCOCc1ncc(C(=O)OCC)c(C(F)F)n1. The van der Waals surface area contributed by atoms with Gasteiger partial charge in [0.05, 0.1) is 6.61 Å². The van der Waals surface area contributed by atoms with Crippen molar-refractivity contribution in [2.24, 2.45) is 0 Å². The van der Waals surface area contributed by atoms with Crippen LogP contribution in [0.15, 0.2) is 6.20 Å². The van der Waals surface area contributed by atoms with Crippen molar-refractivity contribution in [2.45, 2.75) is 26.9 Å². The molecule has 0 aliphatic rings. The molecule has 18 heavy (non-hydrogen) atoms. The van der Waals surface area contributed by atoms with Crippen molar-refractivity contribution >= 4 is 5.97 Å². The summed E-state index contributed by atoms with van der Waals surface area (Å²) < 4.78 is 35.3. The molecule has 0 amide bonds. The number of halogens is 2. The van der Waals surface area contributed by atoms with Crippen molar-refractivity contribution < 1.29 is 23.0 Å². The first-order chi connectivity index (χ1) is 8.60. The van der Waals surface area contributed by atoms with Crippen molar-refractivity contribution in [2.75, 3.05) is 13.2 Å². The van der Waals surface area contributed by atoms with Crippen molar-refractivity contribution in [3.63, 3.8) is 0 Å². The highest BCUT2D eigenvalue weighted by atomic mass is 19.3. The number of ether oxygens (including phenoxy) is 2. The lowest BCUT2D eigenvalue weighted by Crippen LogP contribution is -2.13. The second-order valence-electron chi connectivity index (χ2n) is 3.24. The van der Waals surface area contributed by atoms with Crippen LogP contribution in [0.5, 0.6) is 0 Å². The van der Waals surface area contributed by atoms with E-state index in [1.54, 1.807) is 13.8 Å². The number of carbonyl (C=O) groups is 1. The summed E-state index contributed by atoms with van der Waals surface area (Å²) in [5.74, 6) is -0.740. The van der Waals surface area contributed by atoms with Gasteiger partial charge in [-0.2, -0.15) is 0 Å². The fourth-order valence-electron chi connectivity index (χ4n) is 1.23. The average Bonchev–Trinajstić information content (AvgIpc) is 2.36. The lowest BCUT2D eigenvalue weighted by Gasteiger charge is -2.08. The summed E-state index contributed by atoms with van der Waals surface area (Å²) in [5, 5.41) is 0. The van der Waals surface area contributed by atoms with Crippen LogP contribution in [-0.4, -0.2) is 29.2 Å². The predicted molar refractivity (Wildman–Crippen MR) is 58.3 cm³/mol. The van der Waals surface area contributed by atoms with Gasteiger partial charge in [0.15, 0.2) is 5.82 Å². The second kappa shape index (κ2) is 6.95. The molecule has 0 saturated carbocycles. The van der Waals surface area contributed by atoms with Gasteiger partial charge in [-0.05, 0) is 13.8 Å². The highest BCUT2D eigenvalue weighted by Gasteiger charge is 2.22. The fourth-order valence-corrected chi connectivity index (χ4v) is 1.23. The molecule has 7 heteroatoms. The standard InChI is InChI=1S/C11H14F2N2O3/c1-3-17-6-8-14-5-7(11(16)18-4-2)9(15-8)10(12)13/h5,10H,3-4,6H2,1-2H3. The Morgan fingerprint density at radius 1 is 1.39 bits per heavy atom. The molecule has 0 spiro atoms. The van der Waals surface area contributed by atoms with Gasteiger partial charge in [-0.15, -0.1) is 0 Å². The molecule has 0 saturated heterocycles. The molecule has 100 valence electrons. The molecular weight excluding hydrogens is 246 g/mol. The summed E-state index contributed by atoms with van der Waals surface area (Å²) in [6.07, 6.45) is -1.83. The first-order valence-electron chi connectivity index (χ1n) is 5.48. The number of carbonyl (C=O) groups excluding carboxylic acids is 1. The van der Waals surface area contributed by atoms with Crippen LogP contribution in [0.3, 0.4) is 0 Å². The van der Waals surface area contributed by atoms with Gasteiger partial charge in [0.2, 0.25) is 0 Å². The Morgan fingerprint density at radius 3 is 2.67 bits per heavy atom. The zero-order chi connectivity index (χ0) is 13.5. The maximum absolute atomic E-state index is 12.8. The molecule has 1 heterocycles. The van der Waals surface area contributed by atoms with Crippen molar-refractivity contribution in [3.8, 4) is 0 Å². The fraction of sp³-hybridized carbons (Fsp3) is 0.545. The first kappa shape index (κ1) is 14.4. The van der Waals surface area contributed by atoms with E-state index in [1.165, 1.54) is 0 Å². The van der Waals surface area contributed by atoms with E-state index in [2.05, 4.69) is 14.7 Å². The quantitative estimate of drug-likeness (QED) is 0.733. The monoisotopic (exact) mass is 260 g/mol. The average molecular weight is 260 g/mol. The van der Waals surface area contributed by atoms with Gasteiger partial charge in [0.1, 0.15) is 17.9 Å². The molecule has 0 fully saturated rings. The lowest BCUT2D eigenvalue weighted by molar-refractivity contribution is 0.0511. The molecule has 0 aliphatic heterocycles. The number of nitrogens with zero attached hydrogens (tertiary/aromatic N) is 2. The van der Waals surface area contributed by atoms with Gasteiger partial charge in [-0.3, -0.25) is 0 Å². The van der Waals surface area contributed by atoms with E-state index in [0.29, 0.717) is 6.61 Å². The third kappa shape index (κ3) is 3.69. The lowest BCUT2D eigenvalue weighted by atomic mass is 10.2. The smallest absolute Gasteiger partial charge is 0.341 e. The predicted octanol–water partition coefficient (Wildman–Crippen LogP) is 2.13. The minimum Gasteiger partial charge on any atom is -0.462 e. The molecular formula is C11H14F2N2O3. The van der Waals surface area contributed by atoms with E-state index < -0.39 is 18.1 Å². The van der Waals surface area contributed by atoms with Crippen LogP contribution in [0.25, 0.3) is 0 Å². The topological polar surface area (TPSA) is 61.3 Å². The van der Waals surface area contributed by atoms with Crippen LogP contribution in [0.1, 0.15) is 42.1 Å². The highest BCUT2D eigenvalue weighted by Crippen LogP contribution is 2.21. The Bertz CT molecular complexity index is 413. The third-order valence-electron chi connectivity index (χ3n) is 2.01. The van der Waals surface area contributed by atoms with E-state index in [1.807, 2.05) is 0 Å². The molecule has 0 N–H and O–H groups in total. The Labute approximate surface area is 103 Å². The van der Waals surface area contributed by atoms with E-state index in [4.69, 9.17) is 4.74 Å². The van der Waals surface area contributed by atoms with Crippen LogP contribution in [0.4, 0.5) is 8.78 Å². The van der Waals surface area contributed by atoms with Crippen molar-refractivity contribution in [3.05, 3.63) is 23.3 Å². The number of alkyl halides is 2. The zero-order valence-electron chi connectivity index (χ0n) is 10.2. The molecule has 5 nitrogen and oxygen atoms in total. The number of esters is 1. The van der Waals surface area contributed by atoms with Gasteiger partial charge in [-0.25, -0.2) is 23.5 Å². The summed E-state index contributed by atoms with van der Waals surface area (Å²) in [6.45, 7) is 3.90. The number of hydrogen-bond donors (Lipinski definition) is 0. The summed E-state index contributed by atoms with van der Waals surface area (Å²) in [7, 11) is 0. The minimum atomic E-state index is -2.87. The zero-order valence-corrected chi connectivity index (χ0v) is 10.2. The summed E-state index contributed by atoms with van der Waals surface area (Å²) >= 11 is 0. The molecule has 0 aliphatic carbocycles. The van der Waals surface area contributed by atoms with Crippen LogP contribution in [-0.2, 0) is 16.1 Å². The maximum atomic E-state index is 12.8. The molecule has 1 aromatic rings. The molecule has 0 unspecified atom stereocenters. The number of hydrogen-bond acceptors (Lipinski definition) is 5. The summed E-state index contributed by atoms with van der Waals surface area (Å²) in [4.78, 5) is 18.8. The van der Waals surface area contributed by atoms with Crippen LogP contribution in [0, 0.1) is 0 Å². The molecule has 1 aromatic heterocycles. The Kier molecular flexibility index (Phi) is 5.57. The van der Waals surface area contributed by atoms with Crippen LogP contribution >= 0.6 is 0 Å².